The van der Waals surface area contributed by atoms with Gasteiger partial charge in [0.05, 0.1) is 6.20 Å². The number of imidazole rings is 1. The van der Waals surface area contributed by atoms with Gasteiger partial charge in [-0.3, -0.25) is 0 Å². The van der Waals surface area contributed by atoms with Crippen molar-refractivity contribution in [2.45, 2.75) is 26.9 Å². The molecule has 5 nitrogen and oxygen atoms in total. The second kappa shape index (κ2) is 4.93. The molecule has 5 heteroatoms. The molecule has 0 saturated carbocycles. The summed E-state index contributed by atoms with van der Waals surface area (Å²) in [6, 6.07) is 0. The predicted molar refractivity (Wildman–Crippen MR) is 54.8 cm³/mol. The molecule has 0 saturated heterocycles. The van der Waals surface area contributed by atoms with Crippen LogP contribution in [0.25, 0.3) is 0 Å². The highest BCUT2D eigenvalue weighted by Gasteiger charge is 2.20. The SMILES string of the molecule is CCOC(c1ncc(C(=O)O)[nH]1)C(C)C. The number of hydrogen-bond acceptors (Lipinski definition) is 3. The predicted octanol–water partition coefficient (Wildman–Crippen LogP) is 1.84. The highest BCUT2D eigenvalue weighted by molar-refractivity contribution is 5.85. The van der Waals surface area contributed by atoms with Crippen LogP contribution in [-0.4, -0.2) is 27.7 Å². The molecule has 1 heterocycles. The van der Waals surface area contributed by atoms with Gasteiger partial charge in [0.25, 0.3) is 0 Å². The van der Waals surface area contributed by atoms with Crippen LogP contribution in [0.4, 0.5) is 0 Å². The van der Waals surface area contributed by atoms with Crippen LogP contribution in [0.5, 0.6) is 0 Å². The summed E-state index contributed by atoms with van der Waals surface area (Å²) in [5.41, 5.74) is 0.0929. The molecule has 0 bridgehead atoms. The number of aromatic amines is 1. The third-order valence-electron chi connectivity index (χ3n) is 2.05. The minimum absolute atomic E-state index is 0.0929. The standard InChI is InChI=1S/C10H16N2O3/c1-4-15-8(6(2)3)9-11-5-7(12-9)10(13)14/h5-6,8H,4H2,1-3H3,(H,11,12)(H,13,14). The molecule has 1 aromatic heterocycles. The number of carboxylic acids is 1. The topological polar surface area (TPSA) is 75.2 Å². The zero-order valence-corrected chi connectivity index (χ0v) is 9.15. The van der Waals surface area contributed by atoms with Gasteiger partial charge in [-0.25, -0.2) is 9.78 Å². The van der Waals surface area contributed by atoms with E-state index in [-0.39, 0.29) is 17.7 Å². The summed E-state index contributed by atoms with van der Waals surface area (Å²) in [6.45, 7) is 6.48. The third kappa shape index (κ3) is 2.79. The van der Waals surface area contributed by atoms with Crippen LogP contribution >= 0.6 is 0 Å². The van der Waals surface area contributed by atoms with Crippen molar-refractivity contribution >= 4 is 5.97 Å². The third-order valence-corrected chi connectivity index (χ3v) is 2.05. The minimum Gasteiger partial charge on any atom is -0.477 e. The molecule has 1 atom stereocenters. The molecular weight excluding hydrogens is 196 g/mol. The van der Waals surface area contributed by atoms with E-state index in [2.05, 4.69) is 9.97 Å². The lowest BCUT2D eigenvalue weighted by Gasteiger charge is -2.18. The van der Waals surface area contributed by atoms with Gasteiger partial charge in [0.2, 0.25) is 0 Å². The second-order valence-corrected chi connectivity index (χ2v) is 3.61. The molecule has 0 spiro atoms. The number of carboxylic acid groups (broad SMARTS) is 1. The number of aromatic nitrogens is 2. The summed E-state index contributed by atoms with van der Waals surface area (Å²) in [6.07, 6.45) is 1.13. The summed E-state index contributed by atoms with van der Waals surface area (Å²) in [7, 11) is 0. The highest BCUT2D eigenvalue weighted by Crippen LogP contribution is 2.22. The van der Waals surface area contributed by atoms with Gasteiger partial charge >= 0.3 is 5.97 Å². The number of aromatic carboxylic acids is 1. The first-order valence-electron chi connectivity index (χ1n) is 4.96. The normalized spacial score (nSPS) is 13.1. The largest absolute Gasteiger partial charge is 0.477 e. The van der Waals surface area contributed by atoms with E-state index in [1.54, 1.807) is 0 Å². The molecule has 1 aromatic rings. The summed E-state index contributed by atoms with van der Waals surface area (Å²) in [5, 5.41) is 8.74. The number of nitrogens with zero attached hydrogens (tertiary/aromatic N) is 1. The summed E-state index contributed by atoms with van der Waals surface area (Å²) < 4.78 is 5.50. The van der Waals surface area contributed by atoms with Crippen LogP contribution in [0, 0.1) is 5.92 Å². The summed E-state index contributed by atoms with van der Waals surface area (Å²) >= 11 is 0. The number of H-pyrrole nitrogens is 1. The molecule has 0 radical (unpaired) electrons. The molecule has 0 fully saturated rings. The quantitative estimate of drug-likeness (QED) is 0.780. The van der Waals surface area contributed by atoms with E-state index in [4.69, 9.17) is 9.84 Å². The van der Waals surface area contributed by atoms with E-state index in [1.807, 2.05) is 20.8 Å². The maximum Gasteiger partial charge on any atom is 0.353 e. The molecule has 0 aromatic carbocycles. The average molecular weight is 212 g/mol. The highest BCUT2D eigenvalue weighted by atomic mass is 16.5. The smallest absolute Gasteiger partial charge is 0.353 e. The first-order chi connectivity index (χ1) is 7.06. The number of ether oxygens (including phenoxy) is 1. The van der Waals surface area contributed by atoms with Crippen molar-refractivity contribution in [3.05, 3.63) is 17.7 Å². The van der Waals surface area contributed by atoms with Crippen molar-refractivity contribution in [2.24, 2.45) is 5.92 Å². The van der Waals surface area contributed by atoms with Crippen LogP contribution < -0.4 is 0 Å². The zero-order valence-electron chi connectivity index (χ0n) is 9.15. The molecule has 1 rings (SSSR count). The Morgan fingerprint density at radius 2 is 2.33 bits per heavy atom. The van der Waals surface area contributed by atoms with Gasteiger partial charge in [0.15, 0.2) is 0 Å². The molecule has 0 aliphatic rings. The van der Waals surface area contributed by atoms with Gasteiger partial charge < -0.3 is 14.8 Å². The molecule has 84 valence electrons. The van der Waals surface area contributed by atoms with E-state index >= 15 is 0 Å². The minimum atomic E-state index is -1.01. The number of carbonyl (C=O) groups is 1. The van der Waals surface area contributed by atoms with E-state index in [9.17, 15) is 4.79 Å². The van der Waals surface area contributed by atoms with E-state index in [0.29, 0.717) is 12.4 Å². The molecule has 2 N–H and O–H groups in total. The fourth-order valence-corrected chi connectivity index (χ4v) is 1.36. The lowest BCUT2D eigenvalue weighted by Crippen LogP contribution is -2.13. The molecule has 15 heavy (non-hydrogen) atoms. The van der Waals surface area contributed by atoms with E-state index < -0.39 is 5.97 Å². The van der Waals surface area contributed by atoms with Gasteiger partial charge in [-0.2, -0.15) is 0 Å². The molecule has 0 aliphatic carbocycles. The molecule has 0 aliphatic heterocycles. The number of rotatable bonds is 5. The van der Waals surface area contributed by atoms with Gasteiger partial charge in [0, 0.05) is 6.61 Å². The maximum absolute atomic E-state index is 10.7. The van der Waals surface area contributed by atoms with Crippen LogP contribution in [0.3, 0.4) is 0 Å². The van der Waals surface area contributed by atoms with Crippen molar-refractivity contribution in [1.82, 2.24) is 9.97 Å². The van der Waals surface area contributed by atoms with Crippen molar-refractivity contribution in [2.75, 3.05) is 6.61 Å². The van der Waals surface area contributed by atoms with Gasteiger partial charge in [-0.1, -0.05) is 13.8 Å². The Bertz CT molecular complexity index is 333. The monoisotopic (exact) mass is 212 g/mol. The Morgan fingerprint density at radius 3 is 2.73 bits per heavy atom. The van der Waals surface area contributed by atoms with E-state index in [1.165, 1.54) is 6.20 Å². The molecule has 1 unspecified atom stereocenters. The van der Waals surface area contributed by atoms with Crippen molar-refractivity contribution in [1.29, 1.82) is 0 Å². The Kier molecular flexibility index (Phi) is 3.85. The number of nitrogens with one attached hydrogen (secondary N) is 1. The van der Waals surface area contributed by atoms with Crippen molar-refractivity contribution < 1.29 is 14.6 Å². The fraction of sp³-hybridized carbons (Fsp3) is 0.600. The van der Waals surface area contributed by atoms with Gasteiger partial charge in [-0.05, 0) is 12.8 Å². The van der Waals surface area contributed by atoms with Crippen LogP contribution in [0.15, 0.2) is 6.20 Å². The summed E-state index contributed by atoms with van der Waals surface area (Å²) in [4.78, 5) is 17.4. The Labute approximate surface area is 88.5 Å². The van der Waals surface area contributed by atoms with Gasteiger partial charge in [-0.15, -0.1) is 0 Å². The van der Waals surface area contributed by atoms with Crippen LogP contribution in [0.1, 0.15) is 43.2 Å². The molecule has 0 amide bonds. The van der Waals surface area contributed by atoms with Crippen LogP contribution in [-0.2, 0) is 4.74 Å². The zero-order chi connectivity index (χ0) is 11.4. The second-order valence-electron chi connectivity index (χ2n) is 3.61. The van der Waals surface area contributed by atoms with E-state index in [0.717, 1.165) is 0 Å². The average Bonchev–Trinajstić information content (AvgIpc) is 2.62. The maximum atomic E-state index is 10.7. The molecular formula is C10H16N2O3. The summed E-state index contributed by atoms with van der Waals surface area (Å²) in [5.74, 6) is -0.185. The Morgan fingerprint density at radius 1 is 1.67 bits per heavy atom. The van der Waals surface area contributed by atoms with Crippen LogP contribution in [0.2, 0.25) is 0 Å². The van der Waals surface area contributed by atoms with Gasteiger partial charge in [0.1, 0.15) is 17.6 Å². The lowest BCUT2D eigenvalue weighted by atomic mass is 10.1. The van der Waals surface area contributed by atoms with Crippen molar-refractivity contribution in [3.63, 3.8) is 0 Å². The number of hydrogen-bond donors (Lipinski definition) is 2. The first kappa shape index (κ1) is 11.7. The Hall–Kier alpha value is -1.36. The lowest BCUT2D eigenvalue weighted by molar-refractivity contribution is 0.0236. The van der Waals surface area contributed by atoms with Crippen molar-refractivity contribution in [3.8, 4) is 0 Å². The fourth-order valence-electron chi connectivity index (χ4n) is 1.36. The first-order valence-corrected chi connectivity index (χ1v) is 4.96. The Balaban J connectivity index is 2.86.